The van der Waals surface area contributed by atoms with Gasteiger partial charge in [-0.2, -0.15) is 0 Å². The van der Waals surface area contributed by atoms with E-state index in [1.54, 1.807) is 12.0 Å². The van der Waals surface area contributed by atoms with E-state index in [1.807, 2.05) is 25.1 Å². The van der Waals surface area contributed by atoms with Crippen LogP contribution >= 0.6 is 0 Å². The molecule has 130 valence electrons. The van der Waals surface area contributed by atoms with Crippen LogP contribution in [0.15, 0.2) is 29.2 Å². The second-order valence-electron chi connectivity index (χ2n) is 6.77. The van der Waals surface area contributed by atoms with Gasteiger partial charge in [-0.15, -0.1) is 0 Å². The lowest BCUT2D eigenvalue weighted by Crippen LogP contribution is -2.41. The molecule has 2 heterocycles. The minimum atomic E-state index is -0.342. The largest absolute Gasteiger partial charge is 0.497 e. The van der Waals surface area contributed by atoms with Crippen LogP contribution in [0.5, 0.6) is 5.75 Å². The molecule has 4 rings (SSSR count). The molecule has 25 heavy (non-hydrogen) atoms. The first kappa shape index (κ1) is 15.9. The maximum Gasteiger partial charge on any atom is 0.263 e. The van der Waals surface area contributed by atoms with E-state index in [9.17, 15) is 9.59 Å². The Morgan fingerprint density at radius 3 is 2.84 bits per heavy atom. The van der Waals surface area contributed by atoms with Crippen molar-refractivity contribution in [1.82, 2.24) is 14.9 Å². The molecule has 0 unspecified atom stereocenters. The molecule has 0 saturated heterocycles. The molecule has 6 heteroatoms. The van der Waals surface area contributed by atoms with E-state index < -0.39 is 0 Å². The molecule has 0 bridgehead atoms. The van der Waals surface area contributed by atoms with Gasteiger partial charge in [0.15, 0.2) is 0 Å². The van der Waals surface area contributed by atoms with Gasteiger partial charge in [0.25, 0.3) is 11.5 Å². The highest BCUT2D eigenvalue weighted by molar-refractivity contribution is 5.94. The maximum atomic E-state index is 12.9. The van der Waals surface area contributed by atoms with Gasteiger partial charge in [-0.3, -0.25) is 9.59 Å². The Morgan fingerprint density at radius 2 is 2.16 bits per heavy atom. The molecule has 2 aliphatic rings. The second kappa shape index (κ2) is 6.02. The number of hydrogen-bond acceptors (Lipinski definition) is 4. The number of ether oxygens (including phenoxy) is 1. The molecule has 1 aromatic carbocycles. The molecule has 1 fully saturated rings. The summed E-state index contributed by atoms with van der Waals surface area (Å²) in [5.41, 5.74) is 2.06. The Balaban J connectivity index is 1.63. The first-order chi connectivity index (χ1) is 12.1. The molecule has 1 amide bonds. The number of aromatic nitrogens is 2. The van der Waals surface area contributed by atoms with E-state index in [-0.39, 0.29) is 23.1 Å². The van der Waals surface area contributed by atoms with Gasteiger partial charge in [-0.25, -0.2) is 4.98 Å². The van der Waals surface area contributed by atoms with Crippen LogP contribution in [-0.4, -0.2) is 34.4 Å². The fourth-order valence-electron chi connectivity index (χ4n) is 3.48. The van der Waals surface area contributed by atoms with Crippen molar-refractivity contribution in [1.29, 1.82) is 0 Å². The van der Waals surface area contributed by atoms with E-state index in [1.165, 1.54) is 11.8 Å². The number of hydrogen-bond donors (Lipinski definition) is 1. The lowest BCUT2D eigenvalue weighted by atomic mass is 9.93. The molecule has 1 N–H and O–H groups in total. The molecule has 1 aliphatic carbocycles. The summed E-state index contributed by atoms with van der Waals surface area (Å²) in [5.74, 6) is 1.55. The second-order valence-corrected chi connectivity index (χ2v) is 6.77. The van der Waals surface area contributed by atoms with E-state index in [0.29, 0.717) is 18.3 Å². The third kappa shape index (κ3) is 2.81. The Labute approximate surface area is 145 Å². The van der Waals surface area contributed by atoms with Crippen molar-refractivity contribution in [3.63, 3.8) is 0 Å². The molecule has 6 nitrogen and oxygen atoms in total. The predicted octanol–water partition coefficient (Wildman–Crippen LogP) is 2.42. The van der Waals surface area contributed by atoms with Crippen molar-refractivity contribution in [3.05, 3.63) is 57.3 Å². The molecule has 1 aromatic heterocycles. The van der Waals surface area contributed by atoms with Gasteiger partial charge < -0.3 is 14.6 Å². The maximum absolute atomic E-state index is 12.9. The fraction of sp³-hybridized carbons (Fsp3) is 0.421. The Bertz CT molecular complexity index is 886. The van der Waals surface area contributed by atoms with Crippen molar-refractivity contribution in [2.45, 2.75) is 38.1 Å². The van der Waals surface area contributed by atoms with E-state index in [4.69, 9.17) is 4.74 Å². The summed E-state index contributed by atoms with van der Waals surface area (Å²) in [6.07, 6.45) is 4.31. The number of carbonyl (C=O) groups excluding carboxylic acids is 1. The van der Waals surface area contributed by atoms with Crippen molar-refractivity contribution in [3.8, 4) is 5.75 Å². The van der Waals surface area contributed by atoms with Crippen LogP contribution in [0.3, 0.4) is 0 Å². The average molecular weight is 339 g/mol. The SMILES string of the molecule is COc1ccc2c(c1)[C@@H](C)N(C(=O)c1cnc(C3CC3)[nH]c1=O)CC2. The highest BCUT2D eigenvalue weighted by atomic mass is 16.5. The van der Waals surface area contributed by atoms with Crippen LogP contribution < -0.4 is 10.3 Å². The van der Waals surface area contributed by atoms with Gasteiger partial charge in [-0.1, -0.05) is 6.07 Å². The minimum absolute atomic E-state index is 0.114. The average Bonchev–Trinajstić information content (AvgIpc) is 3.46. The number of amides is 1. The van der Waals surface area contributed by atoms with E-state index >= 15 is 0 Å². The zero-order valence-corrected chi connectivity index (χ0v) is 14.4. The number of fused-ring (bicyclic) bond motifs is 1. The summed E-state index contributed by atoms with van der Waals surface area (Å²) in [6, 6.07) is 5.84. The van der Waals surface area contributed by atoms with Crippen molar-refractivity contribution >= 4 is 5.91 Å². The van der Waals surface area contributed by atoms with Crippen molar-refractivity contribution in [2.24, 2.45) is 0 Å². The third-order valence-electron chi connectivity index (χ3n) is 5.17. The van der Waals surface area contributed by atoms with E-state index in [0.717, 1.165) is 30.6 Å². The number of nitrogens with zero attached hydrogens (tertiary/aromatic N) is 2. The van der Waals surface area contributed by atoms with Gasteiger partial charge >= 0.3 is 0 Å². The van der Waals surface area contributed by atoms with Gasteiger partial charge in [0.2, 0.25) is 0 Å². The zero-order chi connectivity index (χ0) is 17.6. The number of methoxy groups -OCH3 is 1. The number of aromatic amines is 1. The lowest BCUT2D eigenvalue weighted by Gasteiger charge is -2.35. The van der Waals surface area contributed by atoms with Crippen LogP contribution in [0.25, 0.3) is 0 Å². The van der Waals surface area contributed by atoms with Gasteiger partial charge in [-0.05, 0) is 49.4 Å². The van der Waals surface area contributed by atoms with Gasteiger partial charge in [0.05, 0.1) is 13.2 Å². The normalized spacial score (nSPS) is 19.4. The molecule has 0 radical (unpaired) electrons. The molecule has 1 atom stereocenters. The molecule has 1 saturated carbocycles. The van der Waals surface area contributed by atoms with Crippen LogP contribution in [0, 0.1) is 0 Å². The summed E-state index contributed by atoms with van der Waals surface area (Å²) < 4.78 is 5.30. The summed E-state index contributed by atoms with van der Waals surface area (Å²) in [6.45, 7) is 2.57. The molecule has 0 spiro atoms. The van der Waals surface area contributed by atoms with Crippen LogP contribution in [0.1, 0.15) is 59.0 Å². The third-order valence-corrected chi connectivity index (χ3v) is 5.17. The topological polar surface area (TPSA) is 75.3 Å². The summed E-state index contributed by atoms with van der Waals surface area (Å²) in [4.78, 5) is 34.1. The molecular weight excluding hydrogens is 318 g/mol. The highest BCUT2D eigenvalue weighted by Crippen LogP contribution is 2.37. The fourth-order valence-corrected chi connectivity index (χ4v) is 3.48. The van der Waals surface area contributed by atoms with Crippen molar-refractivity contribution in [2.75, 3.05) is 13.7 Å². The number of rotatable bonds is 3. The highest BCUT2D eigenvalue weighted by Gasteiger charge is 2.31. The van der Waals surface area contributed by atoms with Gasteiger partial charge in [0.1, 0.15) is 17.1 Å². The Kier molecular flexibility index (Phi) is 3.82. The summed E-state index contributed by atoms with van der Waals surface area (Å²) >= 11 is 0. The lowest BCUT2D eigenvalue weighted by molar-refractivity contribution is 0.0675. The Morgan fingerprint density at radius 1 is 1.36 bits per heavy atom. The number of H-pyrrole nitrogens is 1. The van der Waals surface area contributed by atoms with Crippen molar-refractivity contribution < 1.29 is 9.53 Å². The van der Waals surface area contributed by atoms with Gasteiger partial charge in [0, 0.05) is 18.7 Å². The first-order valence-electron chi connectivity index (χ1n) is 8.65. The summed E-state index contributed by atoms with van der Waals surface area (Å²) in [5, 5.41) is 0. The molecule has 2 aromatic rings. The smallest absolute Gasteiger partial charge is 0.263 e. The molecular formula is C19H21N3O3. The molecule has 1 aliphatic heterocycles. The standard InChI is InChI=1S/C19H21N3O3/c1-11-15-9-14(25-2)6-5-12(15)7-8-22(11)19(24)16-10-20-17(13-3-4-13)21-18(16)23/h5-6,9-11,13H,3-4,7-8H2,1-2H3,(H,20,21,23)/t11-/m1/s1. The van der Waals surface area contributed by atoms with Crippen LogP contribution in [0.4, 0.5) is 0 Å². The summed E-state index contributed by atoms with van der Waals surface area (Å²) in [7, 11) is 1.63. The zero-order valence-electron chi connectivity index (χ0n) is 14.4. The Hall–Kier alpha value is -2.63. The predicted molar refractivity (Wildman–Crippen MR) is 93.0 cm³/mol. The van der Waals surface area contributed by atoms with E-state index in [2.05, 4.69) is 9.97 Å². The number of benzene rings is 1. The van der Waals surface area contributed by atoms with Crippen LogP contribution in [-0.2, 0) is 6.42 Å². The quantitative estimate of drug-likeness (QED) is 0.932. The minimum Gasteiger partial charge on any atom is -0.497 e. The first-order valence-corrected chi connectivity index (χ1v) is 8.65. The number of carbonyl (C=O) groups is 1. The monoisotopic (exact) mass is 339 g/mol. The number of nitrogens with one attached hydrogen (secondary N) is 1. The van der Waals surface area contributed by atoms with Crippen LogP contribution in [0.2, 0.25) is 0 Å².